The van der Waals surface area contributed by atoms with E-state index < -0.39 is 0 Å². The molecule has 10 rings (SSSR count). The van der Waals surface area contributed by atoms with Gasteiger partial charge in [-0.1, -0.05) is 0 Å². The van der Waals surface area contributed by atoms with Crippen molar-refractivity contribution >= 4 is 33.7 Å². The number of aromatic nitrogens is 5. The fourth-order valence-electron chi connectivity index (χ4n) is 8.88. The number of anilines is 1. The number of carbonyl (C=O) groups excluding carboxylic acids is 1. The Labute approximate surface area is 266 Å². The number of ether oxygens (including phenoxy) is 1. The van der Waals surface area contributed by atoms with E-state index in [1.807, 2.05) is 36.7 Å². The SMILES string of the molecule is COc1cc(C(=O)N2CC3CC4CC2[C@H]43)cc2nc(-c3cc4cccnc4n3CC3CC3)n(C3CN(c4cncc(C#N)c4)C3)c12. The van der Waals surface area contributed by atoms with E-state index in [1.165, 1.54) is 19.3 Å². The highest BCUT2D eigenvalue weighted by molar-refractivity contribution is 6.00. The highest BCUT2D eigenvalue weighted by Crippen LogP contribution is 2.61. The van der Waals surface area contributed by atoms with Gasteiger partial charge in [0.2, 0.25) is 0 Å². The van der Waals surface area contributed by atoms with Crippen molar-refractivity contribution in [3.8, 4) is 23.3 Å². The molecule has 0 bridgehead atoms. The van der Waals surface area contributed by atoms with E-state index >= 15 is 0 Å². The third-order valence-corrected chi connectivity index (χ3v) is 11.5. The minimum Gasteiger partial charge on any atom is -0.494 e. The van der Waals surface area contributed by atoms with Crippen LogP contribution in [0.4, 0.5) is 5.69 Å². The van der Waals surface area contributed by atoms with Gasteiger partial charge in [-0.05, 0) is 85.8 Å². The first kappa shape index (κ1) is 26.3. The van der Waals surface area contributed by atoms with Crippen LogP contribution in [-0.4, -0.2) is 67.7 Å². The fraction of sp³-hybridized carbons (Fsp3) is 0.417. The minimum atomic E-state index is 0.0980. The maximum atomic E-state index is 14.0. The van der Waals surface area contributed by atoms with E-state index in [9.17, 15) is 10.1 Å². The second-order valence-electron chi connectivity index (χ2n) is 14.0. The number of methoxy groups -OCH3 is 1. The number of nitriles is 1. The lowest BCUT2D eigenvalue weighted by atomic mass is 9.53. The van der Waals surface area contributed by atoms with Crippen LogP contribution in [0, 0.1) is 35.0 Å². The Morgan fingerprint density at radius 1 is 1.09 bits per heavy atom. The van der Waals surface area contributed by atoms with E-state index in [-0.39, 0.29) is 11.9 Å². The second kappa shape index (κ2) is 9.55. The number of imidazole rings is 1. The van der Waals surface area contributed by atoms with Gasteiger partial charge < -0.3 is 23.7 Å². The Hall–Kier alpha value is -4.91. The molecule has 6 heterocycles. The van der Waals surface area contributed by atoms with Gasteiger partial charge in [-0.25, -0.2) is 9.97 Å². The number of benzene rings is 1. The monoisotopic (exact) mass is 610 g/mol. The zero-order chi connectivity index (χ0) is 30.7. The molecule has 10 nitrogen and oxygen atoms in total. The molecule has 5 aliphatic rings. The van der Waals surface area contributed by atoms with Gasteiger partial charge in [-0.2, -0.15) is 5.26 Å². The second-order valence-corrected chi connectivity index (χ2v) is 14.0. The summed E-state index contributed by atoms with van der Waals surface area (Å²) in [5.41, 5.74) is 5.83. The van der Waals surface area contributed by atoms with Crippen LogP contribution in [0.15, 0.2) is 55.0 Å². The summed E-state index contributed by atoms with van der Waals surface area (Å²) in [6.07, 6.45) is 10.2. The van der Waals surface area contributed by atoms with Crippen molar-refractivity contribution in [1.29, 1.82) is 5.26 Å². The topological polar surface area (TPSA) is 105 Å². The summed E-state index contributed by atoms with van der Waals surface area (Å²) < 4.78 is 10.7. The molecule has 5 fully saturated rings. The number of carbonyl (C=O) groups is 1. The van der Waals surface area contributed by atoms with Crippen LogP contribution in [0.25, 0.3) is 33.6 Å². The van der Waals surface area contributed by atoms with Crippen molar-refractivity contribution in [3.63, 3.8) is 0 Å². The molecule has 0 N–H and O–H groups in total. The summed E-state index contributed by atoms with van der Waals surface area (Å²) in [4.78, 5) is 32.8. The maximum Gasteiger partial charge on any atom is 0.254 e. The summed E-state index contributed by atoms with van der Waals surface area (Å²) in [6, 6.07) is 14.8. The average molecular weight is 611 g/mol. The maximum absolute atomic E-state index is 14.0. The van der Waals surface area contributed by atoms with Gasteiger partial charge in [0.05, 0.1) is 41.8 Å². The molecule has 0 spiro atoms. The Morgan fingerprint density at radius 3 is 2.76 bits per heavy atom. The van der Waals surface area contributed by atoms with Crippen LogP contribution in [-0.2, 0) is 6.54 Å². The molecule has 230 valence electrons. The molecule has 2 saturated heterocycles. The molecule has 3 unspecified atom stereocenters. The predicted octanol–water partition coefficient (Wildman–Crippen LogP) is 5.28. The van der Waals surface area contributed by atoms with E-state index in [2.05, 4.69) is 42.1 Å². The number of nitrogens with zero attached hydrogens (tertiary/aromatic N) is 8. The van der Waals surface area contributed by atoms with E-state index in [1.54, 1.807) is 13.3 Å². The molecule has 4 atom stereocenters. The normalized spacial score (nSPS) is 24.8. The molecular weight excluding hydrogens is 576 g/mol. The Balaban J connectivity index is 1.11. The quantitative estimate of drug-likeness (QED) is 0.247. The Morgan fingerprint density at radius 2 is 1.98 bits per heavy atom. The predicted molar refractivity (Wildman–Crippen MR) is 172 cm³/mol. The first-order valence-corrected chi connectivity index (χ1v) is 16.5. The molecule has 4 aromatic heterocycles. The lowest BCUT2D eigenvalue weighted by Crippen LogP contribution is -2.53. The summed E-state index contributed by atoms with van der Waals surface area (Å²) >= 11 is 0. The number of pyridine rings is 2. The molecule has 0 radical (unpaired) electrons. The summed E-state index contributed by atoms with van der Waals surface area (Å²) in [7, 11) is 1.69. The molecule has 5 aromatic rings. The lowest BCUT2D eigenvalue weighted by molar-refractivity contribution is -0.0204. The number of hydrogen-bond acceptors (Lipinski definition) is 7. The number of rotatable bonds is 7. The van der Waals surface area contributed by atoms with Crippen molar-refractivity contribution in [3.05, 3.63) is 66.1 Å². The molecule has 2 aliphatic heterocycles. The molecule has 1 amide bonds. The van der Waals surface area contributed by atoms with Gasteiger partial charge in [0.25, 0.3) is 5.91 Å². The molecule has 3 saturated carbocycles. The highest BCUT2D eigenvalue weighted by atomic mass is 16.5. The summed E-state index contributed by atoms with van der Waals surface area (Å²) in [6.45, 7) is 3.25. The third-order valence-electron chi connectivity index (χ3n) is 11.5. The van der Waals surface area contributed by atoms with E-state index in [0.29, 0.717) is 40.7 Å². The largest absolute Gasteiger partial charge is 0.494 e. The first-order valence-electron chi connectivity index (χ1n) is 16.5. The van der Waals surface area contributed by atoms with Crippen molar-refractivity contribution in [2.75, 3.05) is 31.6 Å². The van der Waals surface area contributed by atoms with Gasteiger partial charge in [0, 0.05) is 55.6 Å². The van der Waals surface area contributed by atoms with Crippen molar-refractivity contribution in [2.45, 2.75) is 44.3 Å². The number of amides is 1. The molecule has 46 heavy (non-hydrogen) atoms. The van der Waals surface area contributed by atoms with E-state index in [0.717, 1.165) is 77.8 Å². The summed E-state index contributed by atoms with van der Waals surface area (Å²) in [5, 5.41) is 10.5. The van der Waals surface area contributed by atoms with Gasteiger partial charge in [0.15, 0.2) is 5.82 Å². The van der Waals surface area contributed by atoms with Crippen LogP contribution in [0.5, 0.6) is 5.75 Å². The van der Waals surface area contributed by atoms with Gasteiger partial charge in [-0.15, -0.1) is 0 Å². The van der Waals surface area contributed by atoms with Crippen LogP contribution in [0.1, 0.15) is 47.6 Å². The van der Waals surface area contributed by atoms with Crippen LogP contribution < -0.4 is 9.64 Å². The first-order chi connectivity index (χ1) is 22.6. The zero-order valence-corrected chi connectivity index (χ0v) is 25.7. The molecular formula is C36H34N8O2. The van der Waals surface area contributed by atoms with Crippen molar-refractivity contribution in [2.24, 2.45) is 23.7 Å². The average Bonchev–Trinajstić information content (AvgIpc) is 3.69. The van der Waals surface area contributed by atoms with Crippen LogP contribution in [0.2, 0.25) is 0 Å². The van der Waals surface area contributed by atoms with Gasteiger partial charge >= 0.3 is 0 Å². The Bertz CT molecular complexity index is 2120. The zero-order valence-electron chi connectivity index (χ0n) is 25.7. The van der Waals surface area contributed by atoms with E-state index in [4.69, 9.17) is 14.7 Å². The van der Waals surface area contributed by atoms with Gasteiger partial charge in [-0.3, -0.25) is 9.78 Å². The van der Waals surface area contributed by atoms with Crippen LogP contribution >= 0.6 is 0 Å². The van der Waals surface area contributed by atoms with Crippen molar-refractivity contribution in [1.82, 2.24) is 29.0 Å². The smallest absolute Gasteiger partial charge is 0.254 e. The number of fused-ring (bicyclic) bond motifs is 2. The number of hydrogen-bond donors (Lipinski definition) is 0. The summed E-state index contributed by atoms with van der Waals surface area (Å²) in [5.74, 6) is 4.51. The lowest BCUT2D eigenvalue weighted by Gasteiger charge is -2.52. The molecule has 1 aromatic carbocycles. The molecule has 3 aliphatic carbocycles. The van der Waals surface area contributed by atoms with Crippen molar-refractivity contribution < 1.29 is 9.53 Å². The fourth-order valence-corrected chi connectivity index (χ4v) is 8.88. The third kappa shape index (κ3) is 3.74. The number of likely N-dealkylation sites (tertiary alicyclic amines) is 1. The standard InChI is InChI=1S/C36H34N8O2/c1-46-31-12-24(36(45)43-17-25-8-23-11-29(43)32(23)25)9-28-33(31)44(27-18-41(19-27)26-7-21(13-37)14-38-15-26)35(40-28)30-10-22-3-2-6-39-34(22)42(30)16-20-4-5-20/h2-3,6-7,9-10,12,14-15,20,23,25,27,29,32H,4-5,8,11,16-19H2,1H3/t23?,25?,29?,32-/m1/s1. The van der Waals surface area contributed by atoms with Gasteiger partial charge in [0.1, 0.15) is 23.0 Å². The van der Waals surface area contributed by atoms with Crippen LogP contribution in [0.3, 0.4) is 0 Å². The highest BCUT2D eigenvalue weighted by Gasteiger charge is 2.61. The molecule has 10 heteroatoms. The Kier molecular flexibility index (Phi) is 5.46. The minimum absolute atomic E-state index is 0.0980.